The smallest absolute Gasteiger partial charge is 0.262 e. The van der Waals surface area contributed by atoms with Gasteiger partial charge in [-0.1, -0.05) is 24.3 Å². The predicted octanol–water partition coefficient (Wildman–Crippen LogP) is 3.24. The van der Waals surface area contributed by atoms with Crippen molar-refractivity contribution in [3.05, 3.63) is 59.4 Å². The molecule has 0 heterocycles. The maximum atomic E-state index is 13.6. The Kier molecular flexibility index (Phi) is 3.57. The van der Waals surface area contributed by atoms with E-state index in [0.717, 1.165) is 5.56 Å². The number of hydrogen-bond acceptors (Lipinski definition) is 2. The lowest BCUT2D eigenvalue weighted by Gasteiger charge is -2.11. The first-order valence-electron chi connectivity index (χ1n) is 5.75. The van der Waals surface area contributed by atoms with Crippen molar-refractivity contribution in [1.29, 1.82) is 0 Å². The van der Waals surface area contributed by atoms with Crippen LogP contribution in [0.5, 0.6) is 0 Å². The highest BCUT2D eigenvalue weighted by atomic mass is 32.2. The van der Waals surface area contributed by atoms with Gasteiger partial charge in [0.25, 0.3) is 10.0 Å². The molecule has 0 saturated heterocycles. The topological polar surface area (TPSA) is 46.2 Å². The van der Waals surface area contributed by atoms with E-state index in [4.69, 9.17) is 0 Å². The summed E-state index contributed by atoms with van der Waals surface area (Å²) in [6, 6.07) is 10.9. The highest BCUT2D eigenvalue weighted by Crippen LogP contribution is 2.22. The number of hydrogen-bond donors (Lipinski definition) is 1. The van der Waals surface area contributed by atoms with Gasteiger partial charge in [-0.3, -0.25) is 4.72 Å². The number of rotatable bonds is 3. The molecule has 0 aliphatic carbocycles. The molecule has 0 radical (unpaired) electrons. The van der Waals surface area contributed by atoms with E-state index in [1.807, 2.05) is 0 Å². The fourth-order valence-electron chi connectivity index (χ4n) is 1.78. The van der Waals surface area contributed by atoms with Crippen LogP contribution in [-0.4, -0.2) is 8.42 Å². The molecule has 0 saturated carbocycles. The fourth-order valence-corrected chi connectivity index (χ4v) is 3.08. The van der Waals surface area contributed by atoms with Crippen LogP contribution >= 0.6 is 0 Å². The van der Waals surface area contributed by atoms with Gasteiger partial charge in [0.1, 0.15) is 5.82 Å². The fraction of sp³-hybridized carbons (Fsp3) is 0.143. The van der Waals surface area contributed by atoms with Crippen LogP contribution < -0.4 is 4.72 Å². The molecule has 0 spiro atoms. The second kappa shape index (κ2) is 5.01. The lowest BCUT2D eigenvalue weighted by Crippen LogP contribution is -2.15. The standard InChI is InChI=1S/C14H14FNO2S/c1-10-7-8-12(15)13(9-10)16-19(17,18)14-6-4-3-5-11(14)2/h3-9,16H,1-2H3. The molecule has 0 aliphatic rings. The van der Waals surface area contributed by atoms with Crippen LogP contribution in [0.3, 0.4) is 0 Å². The van der Waals surface area contributed by atoms with Gasteiger partial charge in [-0.05, 0) is 43.2 Å². The average molecular weight is 279 g/mol. The lowest BCUT2D eigenvalue weighted by atomic mass is 10.2. The van der Waals surface area contributed by atoms with Crippen molar-refractivity contribution < 1.29 is 12.8 Å². The summed E-state index contributed by atoms with van der Waals surface area (Å²) >= 11 is 0. The molecule has 2 aromatic carbocycles. The van der Waals surface area contributed by atoms with E-state index in [2.05, 4.69) is 4.72 Å². The molecule has 100 valence electrons. The van der Waals surface area contributed by atoms with Crippen molar-refractivity contribution in [3.8, 4) is 0 Å². The molecule has 0 bridgehead atoms. The first-order valence-corrected chi connectivity index (χ1v) is 7.23. The highest BCUT2D eigenvalue weighted by Gasteiger charge is 2.18. The third kappa shape index (κ3) is 2.93. The number of anilines is 1. The summed E-state index contributed by atoms with van der Waals surface area (Å²) < 4.78 is 40.3. The SMILES string of the molecule is Cc1ccc(F)c(NS(=O)(=O)c2ccccc2C)c1. The van der Waals surface area contributed by atoms with Crippen molar-refractivity contribution in [3.63, 3.8) is 0 Å². The van der Waals surface area contributed by atoms with E-state index < -0.39 is 15.8 Å². The molecule has 2 rings (SSSR count). The zero-order valence-corrected chi connectivity index (χ0v) is 11.5. The summed E-state index contributed by atoms with van der Waals surface area (Å²) in [6.45, 7) is 3.46. The minimum absolute atomic E-state index is 0.0387. The molecule has 0 fully saturated rings. The summed E-state index contributed by atoms with van der Waals surface area (Å²) in [5, 5.41) is 0. The summed E-state index contributed by atoms with van der Waals surface area (Å²) in [5.74, 6) is -0.595. The maximum absolute atomic E-state index is 13.6. The van der Waals surface area contributed by atoms with E-state index >= 15 is 0 Å². The molecule has 0 atom stereocenters. The highest BCUT2D eigenvalue weighted by molar-refractivity contribution is 7.92. The van der Waals surface area contributed by atoms with Gasteiger partial charge < -0.3 is 0 Å². The zero-order valence-electron chi connectivity index (χ0n) is 10.6. The molecule has 0 unspecified atom stereocenters. The van der Waals surface area contributed by atoms with Crippen LogP contribution in [0.4, 0.5) is 10.1 Å². The van der Waals surface area contributed by atoms with E-state index in [1.165, 1.54) is 18.2 Å². The second-order valence-electron chi connectivity index (χ2n) is 4.35. The third-order valence-corrected chi connectivity index (χ3v) is 4.28. The summed E-state index contributed by atoms with van der Waals surface area (Å²) in [5.41, 5.74) is 1.36. The van der Waals surface area contributed by atoms with Gasteiger partial charge in [0.2, 0.25) is 0 Å². The Morgan fingerprint density at radius 3 is 2.42 bits per heavy atom. The first-order chi connectivity index (χ1) is 8.90. The van der Waals surface area contributed by atoms with Crippen molar-refractivity contribution >= 4 is 15.7 Å². The van der Waals surface area contributed by atoms with Crippen LogP contribution in [0.25, 0.3) is 0 Å². The van der Waals surface area contributed by atoms with Crippen LogP contribution in [0, 0.1) is 19.7 Å². The van der Waals surface area contributed by atoms with Gasteiger partial charge in [0, 0.05) is 0 Å². The lowest BCUT2D eigenvalue weighted by molar-refractivity contribution is 0.598. The maximum Gasteiger partial charge on any atom is 0.262 e. The number of sulfonamides is 1. The van der Waals surface area contributed by atoms with Crippen molar-refractivity contribution in [1.82, 2.24) is 0 Å². The Morgan fingerprint density at radius 2 is 1.74 bits per heavy atom. The molecular weight excluding hydrogens is 265 g/mol. The van der Waals surface area contributed by atoms with Crippen LogP contribution in [-0.2, 0) is 10.0 Å². The first kappa shape index (κ1) is 13.5. The van der Waals surface area contributed by atoms with E-state index in [0.29, 0.717) is 5.56 Å². The predicted molar refractivity (Wildman–Crippen MR) is 73.1 cm³/mol. The number of aryl methyl sites for hydroxylation is 2. The monoisotopic (exact) mass is 279 g/mol. The minimum atomic E-state index is -3.77. The normalized spacial score (nSPS) is 11.3. The molecule has 19 heavy (non-hydrogen) atoms. The second-order valence-corrected chi connectivity index (χ2v) is 6.01. The zero-order chi connectivity index (χ0) is 14.0. The van der Waals surface area contributed by atoms with Crippen molar-refractivity contribution in [2.45, 2.75) is 18.7 Å². The molecule has 0 aliphatic heterocycles. The van der Waals surface area contributed by atoms with Gasteiger partial charge in [0.05, 0.1) is 10.6 Å². The summed E-state index contributed by atoms with van der Waals surface area (Å²) in [4.78, 5) is 0.149. The largest absolute Gasteiger partial charge is 0.277 e. The van der Waals surface area contributed by atoms with E-state index in [9.17, 15) is 12.8 Å². The van der Waals surface area contributed by atoms with Gasteiger partial charge in [-0.2, -0.15) is 0 Å². The molecule has 5 heteroatoms. The van der Waals surface area contributed by atoms with Gasteiger partial charge in [0.15, 0.2) is 0 Å². The molecule has 0 aromatic heterocycles. The van der Waals surface area contributed by atoms with Crippen LogP contribution in [0.2, 0.25) is 0 Å². The quantitative estimate of drug-likeness (QED) is 0.937. The third-order valence-electron chi connectivity index (χ3n) is 2.75. The molecule has 3 nitrogen and oxygen atoms in total. The van der Waals surface area contributed by atoms with E-state index in [1.54, 1.807) is 38.1 Å². The van der Waals surface area contributed by atoms with Gasteiger partial charge in [-0.15, -0.1) is 0 Å². The Hall–Kier alpha value is -1.88. The Balaban J connectivity index is 2.43. The van der Waals surface area contributed by atoms with Crippen molar-refractivity contribution in [2.75, 3.05) is 4.72 Å². The average Bonchev–Trinajstić information content (AvgIpc) is 2.34. The molecule has 2 aromatic rings. The number of nitrogens with one attached hydrogen (secondary N) is 1. The van der Waals surface area contributed by atoms with Crippen molar-refractivity contribution in [2.24, 2.45) is 0 Å². The minimum Gasteiger partial charge on any atom is -0.277 e. The summed E-state index contributed by atoms with van der Waals surface area (Å²) in [6.07, 6.45) is 0. The van der Waals surface area contributed by atoms with Gasteiger partial charge in [-0.25, -0.2) is 12.8 Å². The molecule has 0 amide bonds. The Morgan fingerprint density at radius 1 is 1.05 bits per heavy atom. The van der Waals surface area contributed by atoms with E-state index in [-0.39, 0.29) is 10.6 Å². The number of benzene rings is 2. The van der Waals surface area contributed by atoms with Gasteiger partial charge >= 0.3 is 0 Å². The molecule has 1 N–H and O–H groups in total. The van der Waals surface area contributed by atoms with Crippen LogP contribution in [0.15, 0.2) is 47.4 Å². The Labute approximate surface area is 112 Å². The number of halogens is 1. The molecular formula is C14H14FNO2S. The summed E-state index contributed by atoms with van der Waals surface area (Å²) in [7, 11) is -3.77. The Bertz CT molecular complexity index is 711. The van der Waals surface area contributed by atoms with Crippen LogP contribution in [0.1, 0.15) is 11.1 Å².